The summed E-state index contributed by atoms with van der Waals surface area (Å²) < 4.78 is 19.7. The zero-order chi connectivity index (χ0) is 16.1. The quantitative estimate of drug-likeness (QED) is 0.831. The Balaban J connectivity index is 1.95. The molecule has 0 spiro atoms. The maximum Gasteiger partial charge on any atom is 0.262 e. The van der Waals surface area contributed by atoms with Gasteiger partial charge in [-0.1, -0.05) is 32.0 Å². The van der Waals surface area contributed by atoms with E-state index in [1.54, 1.807) is 12.1 Å². The van der Waals surface area contributed by atoms with Gasteiger partial charge in [-0.25, -0.2) is 4.39 Å². The molecule has 0 aliphatic carbocycles. The molecule has 22 heavy (non-hydrogen) atoms. The number of nitrogens with one attached hydrogen (secondary N) is 1. The highest BCUT2D eigenvalue weighted by Gasteiger charge is 2.09. The number of carbonyl (C=O) groups is 1. The number of para-hydroxylation sites is 1. The maximum atomic E-state index is 13.4. The van der Waals surface area contributed by atoms with Gasteiger partial charge in [0.2, 0.25) is 0 Å². The number of benzene rings is 2. The monoisotopic (exact) mass is 365 g/mol. The molecule has 1 N–H and O–H groups in total. The summed E-state index contributed by atoms with van der Waals surface area (Å²) in [5.41, 5.74) is 1.32. The molecule has 1 amide bonds. The summed E-state index contributed by atoms with van der Waals surface area (Å²) in [5.74, 6) is 0.103. The second-order valence-corrected chi connectivity index (χ2v) is 6.02. The van der Waals surface area contributed by atoms with Crippen LogP contribution in [0, 0.1) is 5.82 Å². The van der Waals surface area contributed by atoms with E-state index in [9.17, 15) is 9.18 Å². The van der Waals surface area contributed by atoms with E-state index < -0.39 is 11.7 Å². The molecule has 116 valence electrons. The fourth-order valence-corrected chi connectivity index (χ4v) is 2.40. The number of hydrogen-bond donors (Lipinski definition) is 1. The van der Waals surface area contributed by atoms with Gasteiger partial charge in [-0.15, -0.1) is 0 Å². The van der Waals surface area contributed by atoms with Crippen LogP contribution in [0.25, 0.3) is 0 Å². The molecule has 0 aliphatic rings. The van der Waals surface area contributed by atoms with E-state index in [-0.39, 0.29) is 12.3 Å². The van der Waals surface area contributed by atoms with Crippen LogP contribution in [0.2, 0.25) is 0 Å². The van der Waals surface area contributed by atoms with E-state index in [1.807, 2.05) is 18.2 Å². The third-order valence-electron chi connectivity index (χ3n) is 3.13. The Morgan fingerprint density at radius 1 is 1.27 bits per heavy atom. The number of carbonyl (C=O) groups excluding carboxylic acids is 1. The highest BCUT2D eigenvalue weighted by molar-refractivity contribution is 9.10. The van der Waals surface area contributed by atoms with Crippen LogP contribution in [0.5, 0.6) is 5.75 Å². The molecule has 0 saturated heterocycles. The fraction of sp³-hybridized carbons (Fsp3) is 0.235. The van der Waals surface area contributed by atoms with Crippen molar-refractivity contribution in [1.82, 2.24) is 0 Å². The van der Waals surface area contributed by atoms with E-state index in [4.69, 9.17) is 4.74 Å². The smallest absolute Gasteiger partial charge is 0.262 e. The normalized spacial score (nSPS) is 10.6. The topological polar surface area (TPSA) is 38.3 Å². The van der Waals surface area contributed by atoms with Crippen molar-refractivity contribution in [3.05, 3.63) is 58.3 Å². The Morgan fingerprint density at radius 2 is 2.00 bits per heavy atom. The average Bonchev–Trinajstić information content (AvgIpc) is 2.48. The summed E-state index contributed by atoms with van der Waals surface area (Å²) in [6.07, 6.45) is 0. The fourth-order valence-electron chi connectivity index (χ4n) is 1.89. The molecular formula is C17H17BrFNO2. The van der Waals surface area contributed by atoms with Crippen LogP contribution < -0.4 is 10.1 Å². The molecule has 0 fully saturated rings. The van der Waals surface area contributed by atoms with Gasteiger partial charge < -0.3 is 10.1 Å². The van der Waals surface area contributed by atoms with E-state index in [0.717, 1.165) is 4.47 Å². The van der Waals surface area contributed by atoms with E-state index in [2.05, 4.69) is 35.1 Å². The largest absolute Gasteiger partial charge is 0.483 e. The lowest BCUT2D eigenvalue weighted by Gasteiger charge is -2.11. The summed E-state index contributed by atoms with van der Waals surface area (Å²) in [5, 5.41) is 2.48. The number of rotatable bonds is 5. The van der Waals surface area contributed by atoms with Gasteiger partial charge in [0.25, 0.3) is 5.91 Å². The minimum Gasteiger partial charge on any atom is -0.483 e. The summed E-state index contributed by atoms with van der Waals surface area (Å²) in [4.78, 5) is 11.8. The van der Waals surface area contributed by atoms with Crippen molar-refractivity contribution in [1.29, 1.82) is 0 Å². The summed E-state index contributed by atoms with van der Waals surface area (Å²) >= 11 is 3.43. The van der Waals surface area contributed by atoms with E-state index in [1.165, 1.54) is 17.7 Å². The van der Waals surface area contributed by atoms with Crippen molar-refractivity contribution < 1.29 is 13.9 Å². The molecule has 2 aromatic carbocycles. The molecule has 0 saturated carbocycles. The zero-order valence-electron chi connectivity index (χ0n) is 12.4. The Morgan fingerprint density at radius 3 is 2.64 bits per heavy atom. The molecule has 0 bridgehead atoms. The van der Waals surface area contributed by atoms with Crippen molar-refractivity contribution in [2.45, 2.75) is 19.8 Å². The van der Waals surface area contributed by atoms with Crippen LogP contribution in [0.3, 0.4) is 0 Å². The molecule has 0 radical (unpaired) electrons. The number of hydrogen-bond acceptors (Lipinski definition) is 2. The van der Waals surface area contributed by atoms with Crippen molar-refractivity contribution in [2.24, 2.45) is 0 Å². The lowest BCUT2D eigenvalue weighted by Crippen LogP contribution is -2.20. The highest BCUT2D eigenvalue weighted by Crippen LogP contribution is 2.28. The van der Waals surface area contributed by atoms with Crippen LogP contribution in [0.4, 0.5) is 10.1 Å². The third kappa shape index (κ3) is 4.31. The molecule has 0 heterocycles. The van der Waals surface area contributed by atoms with Crippen molar-refractivity contribution in [3.63, 3.8) is 0 Å². The molecule has 5 heteroatoms. The van der Waals surface area contributed by atoms with Gasteiger partial charge in [-0.05, 0) is 51.7 Å². The lowest BCUT2D eigenvalue weighted by atomic mass is 10.0. The van der Waals surface area contributed by atoms with Gasteiger partial charge >= 0.3 is 0 Å². The Kier molecular flexibility index (Phi) is 5.55. The first-order valence-electron chi connectivity index (χ1n) is 6.94. The second kappa shape index (κ2) is 7.40. The minimum absolute atomic E-state index is 0.144. The first-order valence-corrected chi connectivity index (χ1v) is 7.73. The van der Waals surface area contributed by atoms with Crippen LogP contribution in [0.1, 0.15) is 25.3 Å². The third-order valence-corrected chi connectivity index (χ3v) is 3.75. The van der Waals surface area contributed by atoms with Crippen molar-refractivity contribution >= 4 is 27.5 Å². The van der Waals surface area contributed by atoms with Gasteiger partial charge in [0.1, 0.15) is 11.6 Å². The Labute approximate surface area is 137 Å². The van der Waals surface area contributed by atoms with E-state index >= 15 is 0 Å². The molecule has 0 atom stereocenters. The number of ether oxygens (including phenoxy) is 1. The zero-order valence-corrected chi connectivity index (χ0v) is 14.0. The van der Waals surface area contributed by atoms with Crippen molar-refractivity contribution in [2.75, 3.05) is 11.9 Å². The SMILES string of the molecule is CC(C)c1ccc(OCC(=O)Nc2ccccc2F)c(Br)c1. The van der Waals surface area contributed by atoms with E-state index in [0.29, 0.717) is 11.7 Å². The molecule has 0 aliphatic heterocycles. The first-order chi connectivity index (χ1) is 10.5. The molecule has 2 rings (SSSR count). The van der Waals surface area contributed by atoms with Crippen LogP contribution in [-0.2, 0) is 4.79 Å². The predicted molar refractivity (Wildman–Crippen MR) is 88.8 cm³/mol. The van der Waals surface area contributed by atoms with Gasteiger partial charge in [-0.2, -0.15) is 0 Å². The molecule has 0 unspecified atom stereocenters. The van der Waals surface area contributed by atoms with Gasteiger partial charge in [0.05, 0.1) is 10.2 Å². The van der Waals surface area contributed by atoms with Crippen LogP contribution in [-0.4, -0.2) is 12.5 Å². The lowest BCUT2D eigenvalue weighted by molar-refractivity contribution is -0.118. The summed E-state index contributed by atoms with van der Waals surface area (Å²) in [6.45, 7) is 4.02. The Hall–Kier alpha value is -1.88. The minimum atomic E-state index is -0.474. The predicted octanol–water partition coefficient (Wildman–Crippen LogP) is 4.73. The second-order valence-electron chi connectivity index (χ2n) is 5.16. The Bertz CT molecular complexity index is 673. The van der Waals surface area contributed by atoms with Gasteiger partial charge in [0.15, 0.2) is 6.61 Å². The standard InChI is InChI=1S/C17H17BrFNO2/c1-11(2)12-7-8-16(13(18)9-12)22-10-17(21)20-15-6-4-3-5-14(15)19/h3-9,11H,10H2,1-2H3,(H,20,21). The van der Waals surface area contributed by atoms with Gasteiger partial charge in [-0.3, -0.25) is 4.79 Å². The van der Waals surface area contributed by atoms with Gasteiger partial charge in [0, 0.05) is 0 Å². The molecule has 3 nitrogen and oxygen atoms in total. The van der Waals surface area contributed by atoms with Crippen LogP contribution in [0.15, 0.2) is 46.9 Å². The summed E-state index contributed by atoms with van der Waals surface area (Å²) in [7, 11) is 0. The maximum absolute atomic E-state index is 13.4. The molecular weight excluding hydrogens is 349 g/mol. The average molecular weight is 366 g/mol. The number of halogens is 2. The first kappa shape index (κ1) is 16.5. The molecule has 2 aromatic rings. The molecule has 0 aromatic heterocycles. The summed E-state index contributed by atoms with van der Waals surface area (Å²) in [6, 6.07) is 11.7. The van der Waals surface area contributed by atoms with Crippen LogP contribution >= 0.6 is 15.9 Å². The van der Waals surface area contributed by atoms with Crippen molar-refractivity contribution in [3.8, 4) is 5.75 Å². The highest BCUT2D eigenvalue weighted by atomic mass is 79.9. The number of amides is 1. The number of anilines is 1.